The Morgan fingerprint density at radius 2 is 2.20 bits per heavy atom. The Labute approximate surface area is 97.8 Å². The predicted molar refractivity (Wildman–Crippen MR) is 57.3 cm³/mol. The lowest BCUT2D eigenvalue weighted by atomic mass is 10.6. The zero-order valence-electron chi connectivity index (χ0n) is 7.64. The maximum absolute atomic E-state index is 5.60. The fourth-order valence-corrected chi connectivity index (χ4v) is 1.99. The third-order valence-corrected chi connectivity index (χ3v) is 3.36. The lowest BCUT2D eigenvalue weighted by molar-refractivity contribution is 0.429. The van der Waals surface area contributed by atoms with Crippen LogP contribution in [-0.4, -0.2) is 20.2 Å². The van der Waals surface area contributed by atoms with E-state index < -0.39 is 0 Å². The molecule has 0 bridgehead atoms. The molecule has 2 aromatic rings. The normalized spacial score (nSPS) is 10.5. The number of nitrogen functional groups attached to an aromatic ring is 1. The molecule has 0 saturated heterocycles. The van der Waals surface area contributed by atoms with Gasteiger partial charge in [-0.25, -0.2) is 9.97 Å². The number of nitrogens with two attached hydrogens (primary N) is 1. The molecule has 78 valence electrons. The Kier molecular flexibility index (Phi) is 2.87. The fraction of sp³-hybridized carbons (Fsp3) is 0.143. The molecule has 2 rings (SSSR count). The molecule has 0 amide bonds. The standard InChI is InChI=1S/C7H6BrN5OS/c1-3-12-13-7(14-3)15-6-4(8)5(9)10-2-11-6/h2H,1H3,(H2,9,10,11). The van der Waals surface area contributed by atoms with Gasteiger partial charge in [-0.05, 0) is 27.7 Å². The highest BCUT2D eigenvalue weighted by molar-refractivity contribution is 9.10. The van der Waals surface area contributed by atoms with Crippen molar-refractivity contribution >= 4 is 33.5 Å². The number of hydrogen-bond acceptors (Lipinski definition) is 7. The zero-order valence-corrected chi connectivity index (χ0v) is 10.0. The number of rotatable bonds is 2. The molecule has 0 unspecified atom stereocenters. The monoisotopic (exact) mass is 287 g/mol. The van der Waals surface area contributed by atoms with E-state index in [1.807, 2.05) is 0 Å². The Morgan fingerprint density at radius 1 is 1.40 bits per heavy atom. The molecule has 0 saturated carbocycles. The van der Waals surface area contributed by atoms with Crippen molar-refractivity contribution in [2.24, 2.45) is 0 Å². The van der Waals surface area contributed by atoms with Crippen molar-refractivity contribution in [1.29, 1.82) is 0 Å². The van der Waals surface area contributed by atoms with Crippen LogP contribution in [0.1, 0.15) is 5.89 Å². The molecule has 6 nitrogen and oxygen atoms in total. The van der Waals surface area contributed by atoms with Crippen molar-refractivity contribution < 1.29 is 4.42 Å². The van der Waals surface area contributed by atoms with Crippen molar-refractivity contribution in [2.75, 3.05) is 5.73 Å². The summed E-state index contributed by atoms with van der Waals surface area (Å²) in [5.41, 5.74) is 5.60. The summed E-state index contributed by atoms with van der Waals surface area (Å²) < 4.78 is 5.83. The molecular weight excluding hydrogens is 282 g/mol. The van der Waals surface area contributed by atoms with Gasteiger partial charge in [0.2, 0.25) is 5.89 Å². The Bertz CT molecular complexity index is 488. The number of hydrogen-bond donors (Lipinski definition) is 1. The van der Waals surface area contributed by atoms with Crippen molar-refractivity contribution in [1.82, 2.24) is 20.2 Å². The van der Waals surface area contributed by atoms with Gasteiger partial charge in [-0.2, -0.15) is 0 Å². The average Bonchev–Trinajstić information content (AvgIpc) is 2.59. The molecule has 0 aliphatic heterocycles. The van der Waals surface area contributed by atoms with Gasteiger partial charge >= 0.3 is 0 Å². The van der Waals surface area contributed by atoms with Crippen LogP contribution in [0.3, 0.4) is 0 Å². The van der Waals surface area contributed by atoms with E-state index in [1.54, 1.807) is 6.92 Å². The smallest absolute Gasteiger partial charge is 0.282 e. The van der Waals surface area contributed by atoms with Crippen molar-refractivity contribution in [3.05, 3.63) is 16.7 Å². The second-order valence-corrected chi connectivity index (χ2v) is 4.30. The number of anilines is 1. The minimum Gasteiger partial charge on any atom is -0.416 e. The van der Waals surface area contributed by atoms with E-state index >= 15 is 0 Å². The van der Waals surface area contributed by atoms with Gasteiger partial charge in [0, 0.05) is 6.92 Å². The summed E-state index contributed by atoms with van der Waals surface area (Å²) >= 11 is 4.51. The van der Waals surface area contributed by atoms with Gasteiger partial charge in [-0.3, -0.25) is 0 Å². The van der Waals surface area contributed by atoms with Crippen molar-refractivity contribution in [3.8, 4) is 0 Å². The summed E-state index contributed by atoms with van der Waals surface area (Å²) in [6, 6.07) is 0. The van der Waals surface area contributed by atoms with Crippen LogP contribution in [0.5, 0.6) is 0 Å². The topological polar surface area (TPSA) is 90.7 Å². The molecule has 0 atom stereocenters. The van der Waals surface area contributed by atoms with E-state index in [0.29, 0.717) is 26.4 Å². The van der Waals surface area contributed by atoms with Crippen molar-refractivity contribution in [2.45, 2.75) is 17.2 Å². The first-order chi connectivity index (χ1) is 7.16. The summed E-state index contributed by atoms with van der Waals surface area (Å²) in [7, 11) is 0. The minimum atomic E-state index is 0.378. The largest absolute Gasteiger partial charge is 0.416 e. The minimum absolute atomic E-state index is 0.378. The van der Waals surface area contributed by atoms with Crippen LogP contribution in [-0.2, 0) is 0 Å². The second-order valence-electron chi connectivity index (χ2n) is 2.57. The molecule has 0 aromatic carbocycles. The Hall–Kier alpha value is -1.15. The maximum Gasteiger partial charge on any atom is 0.282 e. The summed E-state index contributed by atoms with van der Waals surface area (Å²) in [6.07, 6.45) is 1.38. The van der Waals surface area contributed by atoms with Crippen LogP contribution >= 0.6 is 27.7 Å². The maximum atomic E-state index is 5.60. The molecule has 0 aliphatic rings. The highest BCUT2D eigenvalue weighted by Gasteiger charge is 2.11. The Morgan fingerprint density at radius 3 is 2.87 bits per heavy atom. The molecule has 8 heteroatoms. The molecule has 0 radical (unpaired) electrons. The fourth-order valence-electron chi connectivity index (χ4n) is 0.840. The summed E-state index contributed by atoms with van der Waals surface area (Å²) in [5, 5.41) is 8.61. The van der Waals surface area contributed by atoms with Gasteiger partial charge in [-0.1, -0.05) is 0 Å². The van der Waals surface area contributed by atoms with Crippen LogP contribution in [0.25, 0.3) is 0 Å². The summed E-state index contributed by atoms with van der Waals surface area (Å²) in [6.45, 7) is 1.72. The van der Waals surface area contributed by atoms with Crippen LogP contribution in [0, 0.1) is 6.92 Å². The van der Waals surface area contributed by atoms with Gasteiger partial charge in [-0.15, -0.1) is 10.2 Å². The van der Waals surface area contributed by atoms with E-state index in [0.717, 1.165) is 0 Å². The first-order valence-electron chi connectivity index (χ1n) is 3.90. The second kappa shape index (κ2) is 4.15. The van der Waals surface area contributed by atoms with E-state index in [9.17, 15) is 0 Å². The van der Waals surface area contributed by atoms with Crippen LogP contribution < -0.4 is 5.73 Å². The lowest BCUT2D eigenvalue weighted by Crippen LogP contribution is -1.94. The highest BCUT2D eigenvalue weighted by Crippen LogP contribution is 2.32. The van der Waals surface area contributed by atoms with Crippen LogP contribution in [0.15, 0.2) is 25.5 Å². The highest BCUT2D eigenvalue weighted by atomic mass is 79.9. The third kappa shape index (κ3) is 2.26. The van der Waals surface area contributed by atoms with E-state index in [2.05, 4.69) is 36.1 Å². The van der Waals surface area contributed by atoms with E-state index in [4.69, 9.17) is 10.2 Å². The Balaban J connectivity index is 2.28. The molecule has 0 spiro atoms. The molecule has 0 fully saturated rings. The quantitative estimate of drug-likeness (QED) is 0.840. The molecule has 2 aromatic heterocycles. The lowest BCUT2D eigenvalue weighted by Gasteiger charge is -2.00. The predicted octanol–water partition coefficient (Wildman–Crippen LogP) is 1.66. The van der Waals surface area contributed by atoms with E-state index in [1.165, 1.54) is 18.1 Å². The van der Waals surface area contributed by atoms with Crippen molar-refractivity contribution in [3.63, 3.8) is 0 Å². The molecule has 2 N–H and O–H groups in total. The number of aryl methyl sites for hydroxylation is 1. The van der Waals surface area contributed by atoms with Gasteiger partial charge in [0.15, 0.2) is 0 Å². The zero-order chi connectivity index (χ0) is 10.8. The van der Waals surface area contributed by atoms with Gasteiger partial charge < -0.3 is 10.2 Å². The van der Waals surface area contributed by atoms with Crippen LogP contribution in [0.4, 0.5) is 5.82 Å². The first-order valence-corrected chi connectivity index (χ1v) is 5.51. The number of halogens is 1. The van der Waals surface area contributed by atoms with Gasteiger partial charge in [0.1, 0.15) is 17.2 Å². The van der Waals surface area contributed by atoms with Gasteiger partial charge in [0.25, 0.3) is 5.22 Å². The number of aromatic nitrogens is 4. The number of nitrogens with zero attached hydrogens (tertiary/aromatic N) is 4. The molecule has 15 heavy (non-hydrogen) atoms. The summed E-state index contributed by atoms with van der Waals surface area (Å²) in [5.74, 6) is 0.888. The molecule has 2 heterocycles. The summed E-state index contributed by atoms with van der Waals surface area (Å²) in [4.78, 5) is 7.87. The molecule has 0 aliphatic carbocycles. The SMILES string of the molecule is Cc1nnc(Sc2ncnc(N)c2Br)o1. The van der Waals surface area contributed by atoms with Gasteiger partial charge in [0.05, 0.1) is 4.47 Å². The van der Waals surface area contributed by atoms with Crippen LogP contribution in [0.2, 0.25) is 0 Å². The first kappa shape index (κ1) is 10.4. The molecular formula is C7H6BrN5OS. The average molecular weight is 288 g/mol. The van der Waals surface area contributed by atoms with E-state index in [-0.39, 0.29) is 0 Å². The third-order valence-electron chi connectivity index (χ3n) is 1.48.